The van der Waals surface area contributed by atoms with E-state index in [0.717, 1.165) is 43.4 Å². The van der Waals surface area contributed by atoms with Crippen LogP contribution in [0.4, 0.5) is 0 Å². The molecule has 7 nitrogen and oxygen atoms in total. The fourth-order valence-corrected chi connectivity index (χ4v) is 3.71. The van der Waals surface area contributed by atoms with Crippen molar-refractivity contribution in [3.05, 3.63) is 54.2 Å². The van der Waals surface area contributed by atoms with Crippen LogP contribution in [0.25, 0.3) is 0 Å². The Morgan fingerprint density at radius 1 is 1.03 bits per heavy atom. The first-order valence-electron chi connectivity index (χ1n) is 11.5. The van der Waals surface area contributed by atoms with E-state index in [0.29, 0.717) is 31.1 Å². The van der Waals surface area contributed by atoms with Crippen LogP contribution in [0.3, 0.4) is 0 Å². The minimum absolute atomic E-state index is 0. The van der Waals surface area contributed by atoms with Crippen molar-refractivity contribution in [1.82, 2.24) is 15.6 Å². The van der Waals surface area contributed by atoms with Crippen molar-refractivity contribution < 1.29 is 14.2 Å². The van der Waals surface area contributed by atoms with Crippen LogP contribution in [0.2, 0.25) is 0 Å². The zero-order valence-electron chi connectivity index (χ0n) is 19.7. The van der Waals surface area contributed by atoms with Crippen LogP contribution in [0.15, 0.2) is 53.7 Å². The van der Waals surface area contributed by atoms with E-state index in [4.69, 9.17) is 19.2 Å². The van der Waals surface area contributed by atoms with Crippen LogP contribution in [-0.2, 0) is 11.3 Å². The second kappa shape index (κ2) is 15.0. The van der Waals surface area contributed by atoms with Gasteiger partial charge in [-0.3, -0.25) is 0 Å². The lowest BCUT2D eigenvalue weighted by molar-refractivity contribution is 0.0732. The van der Waals surface area contributed by atoms with Crippen molar-refractivity contribution in [3.63, 3.8) is 0 Å². The molecule has 1 aliphatic carbocycles. The number of guanidine groups is 1. The zero-order valence-corrected chi connectivity index (χ0v) is 22.0. The Morgan fingerprint density at radius 3 is 2.45 bits per heavy atom. The first-order valence-corrected chi connectivity index (χ1v) is 11.5. The maximum Gasteiger partial charge on any atom is 0.213 e. The summed E-state index contributed by atoms with van der Waals surface area (Å²) in [4.78, 5) is 9.11. The van der Waals surface area contributed by atoms with Crippen molar-refractivity contribution in [2.75, 3.05) is 40.0 Å². The number of nitrogens with zero attached hydrogens (tertiary/aromatic N) is 2. The molecule has 1 aromatic heterocycles. The summed E-state index contributed by atoms with van der Waals surface area (Å²) in [5.74, 6) is 2.27. The third kappa shape index (κ3) is 9.37. The topological polar surface area (TPSA) is 77.0 Å². The summed E-state index contributed by atoms with van der Waals surface area (Å²) in [6, 6.07) is 13.6. The largest absolute Gasteiger partial charge is 0.490 e. The molecule has 0 unspecified atom stereocenters. The molecule has 8 heteroatoms. The van der Waals surface area contributed by atoms with Gasteiger partial charge in [-0.1, -0.05) is 30.7 Å². The molecule has 0 saturated heterocycles. The summed E-state index contributed by atoms with van der Waals surface area (Å²) in [5.41, 5.74) is 1.38. The number of pyridine rings is 1. The van der Waals surface area contributed by atoms with Gasteiger partial charge >= 0.3 is 0 Å². The number of hydrogen-bond donors (Lipinski definition) is 2. The van der Waals surface area contributed by atoms with Gasteiger partial charge in [0, 0.05) is 39.1 Å². The van der Waals surface area contributed by atoms with Gasteiger partial charge in [0.05, 0.1) is 6.54 Å². The Hall–Kier alpha value is -2.07. The lowest BCUT2D eigenvalue weighted by atomic mass is 9.67. The molecule has 1 saturated carbocycles. The molecule has 0 aliphatic heterocycles. The van der Waals surface area contributed by atoms with Gasteiger partial charge < -0.3 is 24.8 Å². The number of nitrogens with one attached hydrogen (secondary N) is 2. The Kier molecular flexibility index (Phi) is 12.3. The molecular formula is C25H37IN4O3. The minimum atomic E-state index is 0. The van der Waals surface area contributed by atoms with Crippen LogP contribution in [0, 0.1) is 5.41 Å². The predicted octanol–water partition coefficient (Wildman–Crippen LogP) is 4.42. The summed E-state index contributed by atoms with van der Waals surface area (Å²) in [7, 11) is 1.77. The molecule has 1 fully saturated rings. The maximum atomic E-state index is 5.67. The van der Waals surface area contributed by atoms with Crippen molar-refractivity contribution in [2.24, 2.45) is 10.4 Å². The molecule has 3 rings (SSSR count). The summed E-state index contributed by atoms with van der Waals surface area (Å²) >= 11 is 0. The summed E-state index contributed by atoms with van der Waals surface area (Å²) in [5, 5.41) is 6.86. The van der Waals surface area contributed by atoms with Gasteiger partial charge in [0.25, 0.3) is 0 Å². The number of aliphatic imine (C=N–C) groups is 1. The molecule has 1 aromatic carbocycles. The van der Waals surface area contributed by atoms with Crippen molar-refractivity contribution in [1.29, 1.82) is 0 Å². The summed E-state index contributed by atoms with van der Waals surface area (Å²) < 4.78 is 16.6. The smallest absolute Gasteiger partial charge is 0.213 e. The predicted molar refractivity (Wildman–Crippen MR) is 143 cm³/mol. The van der Waals surface area contributed by atoms with Gasteiger partial charge in [0.2, 0.25) is 5.88 Å². The lowest BCUT2D eigenvalue weighted by Crippen LogP contribution is -2.46. The van der Waals surface area contributed by atoms with E-state index in [9.17, 15) is 0 Å². The van der Waals surface area contributed by atoms with Gasteiger partial charge in [-0.25, -0.2) is 9.98 Å². The van der Waals surface area contributed by atoms with Gasteiger partial charge in [0.1, 0.15) is 19.0 Å². The fourth-order valence-electron chi connectivity index (χ4n) is 3.71. The highest BCUT2D eigenvalue weighted by molar-refractivity contribution is 14.0. The molecule has 33 heavy (non-hydrogen) atoms. The van der Waals surface area contributed by atoms with Crippen LogP contribution in [-0.4, -0.2) is 51.0 Å². The quantitative estimate of drug-likeness (QED) is 0.161. The number of aromatic nitrogens is 1. The van der Waals surface area contributed by atoms with Crippen LogP contribution in [0.5, 0.6) is 11.6 Å². The normalized spacial score (nSPS) is 14.5. The highest BCUT2D eigenvalue weighted by atomic mass is 127. The molecule has 0 atom stereocenters. The first kappa shape index (κ1) is 27.2. The number of methoxy groups -OCH3 is 1. The van der Waals surface area contributed by atoms with Gasteiger partial charge in [-0.05, 0) is 49.3 Å². The van der Waals surface area contributed by atoms with Gasteiger partial charge in [-0.15, -0.1) is 24.0 Å². The van der Waals surface area contributed by atoms with Crippen LogP contribution in [0.1, 0.15) is 38.2 Å². The third-order valence-electron chi connectivity index (χ3n) is 5.79. The lowest BCUT2D eigenvalue weighted by Gasteiger charge is -2.42. The Balaban J connectivity index is 0.00000385. The molecule has 1 aliphatic rings. The summed E-state index contributed by atoms with van der Waals surface area (Å²) in [6.07, 6.45) is 6.72. The zero-order chi connectivity index (χ0) is 22.5. The third-order valence-corrected chi connectivity index (χ3v) is 5.79. The number of benzene rings is 1. The first-order chi connectivity index (χ1) is 15.7. The monoisotopic (exact) mass is 568 g/mol. The molecule has 0 radical (unpaired) electrons. The van der Waals surface area contributed by atoms with E-state index in [1.807, 2.05) is 48.7 Å². The van der Waals surface area contributed by atoms with E-state index in [2.05, 4.69) is 22.5 Å². The fraction of sp³-hybridized carbons (Fsp3) is 0.520. The molecule has 182 valence electrons. The van der Waals surface area contributed by atoms with Crippen molar-refractivity contribution in [3.8, 4) is 11.6 Å². The number of halogens is 1. The van der Waals surface area contributed by atoms with E-state index < -0.39 is 0 Å². The van der Waals surface area contributed by atoms with E-state index in [1.54, 1.807) is 7.11 Å². The average molecular weight is 569 g/mol. The standard InChI is InChI=1S/C25H36N4O3.HI/c1-3-26-24(29-20-25(12-7-13-25)14-15-30-2)28-19-21-10-11-23(27-18-21)32-17-16-31-22-8-5-4-6-9-22;/h4-6,8-11,18H,3,7,12-17,19-20H2,1-2H3,(H2,26,28,29);1H. The number of para-hydroxylation sites is 1. The maximum absolute atomic E-state index is 5.67. The SMILES string of the molecule is CCNC(=NCc1ccc(OCCOc2ccccc2)nc1)NCC1(CCOC)CCC1.I. The minimum Gasteiger partial charge on any atom is -0.490 e. The highest BCUT2D eigenvalue weighted by Gasteiger charge is 2.36. The van der Waals surface area contributed by atoms with Crippen molar-refractivity contribution in [2.45, 2.75) is 39.2 Å². The van der Waals surface area contributed by atoms with Crippen LogP contribution < -0.4 is 20.1 Å². The van der Waals surface area contributed by atoms with Gasteiger partial charge in [-0.2, -0.15) is 0 Å². The van der Waals surface area contributed by atoms with E-state index in [-0.39, 0.29) is 24.0 Å². The number of rotatable bonds is 13. The molecule has 0 amide bonds. The molecular weight excluding hydrogens is 531 g/mol. The average Bonchev–Trinajstić information content (AvgIpc) is 2.80. The van der Waals surface area contributed by atoms with Gasteiger partial charge in [0.15, 0.2) is 5.96 Å². The highest BCUT2D eigenvalue weighted by Crippen LogP contribution is 2.43. The Bertz CT molecular complexity index is 814. The Morgan fingerprint density at radius 2 is 1.82 bits per heavy atom. The summed E-state index contributed by atoms with van der Waals surface area (Å²) in [6.45, 7) is 6.13. The van der Waals surface area contributed by atoms with E-state index >= 15 is 0 Å². The molecule has 0 bridgehead atoms. The number of hydrogen-bond acceptors (Lipinski definition) is 5. The van der Waals surface area contributed by atoms with Crippen molar-refractivity contribution >= 4 is 29.9 Å². The van der Waals surface area contributed by atoms with E-state index in [1.165, 1.54) is 19.3 Å². The molecule has 2 N–H and O–H groups in total. The van der Waals surface area contributed by atoms with Crippen LogP contribution >= 0.6 is 24.0 Å². The molecule has 0 spiro atoms. The Labute approximate surface area is 214 Å². The number of ether oxygens (including phenoxy) is 3. The molecule has 2 aromatic rings. The second-order valence-electron chi connectivity index (χ2n) is 8.16. The second-order valence-corrected chi connectivity index (χ2v) is 8.16. The molecule has 1 heterocycles.